The minimum atomic E-state index is -3.90. The normalized spacial score (nSPS) is 11.1. The Labute approximate surface area is 213 Å². The Balaban J connectivity index is 1.72. The second kappa shape index (κ2) is 9.38. The van der Waals surface area contributed by atoms with E-state index in [1.165, 1.54) is 57.7 Å². The van der Waals surface area contributed by atoms with Crippen LogP contribution in [0.15, 0.2) is 80.0 Å². The molecule has 0 fully saturated rings. The van der Waals surface area contributed by atoms with E-state index in [0.29, 0.717) is 33.9 Å². The van der Waals surface area contributed by atoms with Crippen molar-refractivity contribution >= 4 is 9.84 Å². The smallest absolute Gasteiger partial charge is 0.273 e. The maximum absolute atomic E-state index is 13.3. The highest BCUT2D eigenvalue weighted by molar-refractivity contribution is 7.91. The molecule has 4 aromatic rings. The molecule has 2 heterocycles. The maximum atomic E-state index is 13.3. The zero-order chi connectivity index (χ0) is 27.1. The lowest BCUT2D eigenvalue weighted by Crippen LogP contribution is -2.24. The van der Waals surface area contributed by atoms with Gasteiger partial charge in [0.25, 0.3) is 11.1 Å². The number of nitriles is 2. The van der Waals surface area contributed by atoms with E-state index in [-0.39, 0.29) is 20.9 Å². The lowest BCUT2D eigenvalue weighted by atomic mass is 10.1. The van der Waals surface area contributed by atoms with Crippen LogP contribution in [-0.2, 0) is 9.84 Å². The van der Waals surface area contributed by atoms with Crippen LogP contribution >= 0.6 is 0 Å². The van der Waals surface area contributed by atoms with E-state index >= 15 is 0 Å². The molecule has 2 aromatic heterocycles. The first-order valence-corrected chi connectivity index (χ1v) is 12.7. The van der Waals surface area contributed by atoms with Gasteiger partial charge in [0.15, 0.2) is 0 Å². The zero-order valence-electron chi connectivity index (χ0n) is 20.6. The van der Waals surface area contributed by atoms with Gasteiger partial charge in [0.2, 0.25) is 9.84 Å². The number of hydrogen-bond donors (Lipinski definition) is 0. The molecule has 37 heavy (non-hydrogen) atoms. The fourth-order valence-electron chi connectivity index (χ4n) is 4.38. The fourth-order valence-corrected chi connectivity index (χ4v) is 5.64. The van der Waals surface area contributed by atoms with Gasteiger partial charge < -0.3 is 0 Å². The van der Waals surface area contributed by atoms with Crippen molar-refractivity contribution in [1.82, 2.24) is 9.13 Å². The van der Waals surface area contributed by atoms with Crippen LogP contribution in [0.25, 0.3) is 11.4 Å². The average Bonchev–Trinajstić information content (AvgIpc) is 2.84. The fraction of sp³-hybridized carbons (Fsp3) is 0.143. The van der Waals surface area contributed by atoms with E-state index in [9.17, 15) is 28.5 Å². The zero-order valence-corrected chi connectivity index (χ0v) is 21.4. The molecular weight excluding hydrogens is 488 g/mol. The maximum Gasteiger partial charge on any atom is 0.273 e. The van der Waals surface area contributed by atoms with Crippen molar-refractivity contribution in [1.29, 1.82) is 10.5 Å². The molecule has 0 spiro atoms. The predicted octanol–water partition coefficient (Wildman–Crippen LogP) is 3.80. The number of aromatic nitrogens is 2. The molecule has 0 aliphatic carbocycles. The molecule has 0 saturated heterocycles. The summed E-state index contributed by atoms with van der Waals surface area (Å²) >= 11 is 0. The Morgan fingerprint density at radius 3 is 1.24 bits per heavy atom. The largest absolute Gasteiger partial charge is 0.280 e. The van der Waals surface area contributed by atoms with Crippen molar-refractivity contribution in [3.63, 3.8) is 0 Å². The van der Waals surface area contributed by atoms with Crippen molar-refractivity contribution in [2.24, 2.45) is 0 Å². The number of hydrogen-bond acceptors (Lipinski definition) is 6. The van der Waals surface area contributed by atoms with Gasteiger partial charge in [-0.3, -0.25) is 18.7 Å². The molecule has 8 nitrogen and oxygen atoms in total. The first-order chi connectivity index (χ1) is 17.5. The Morgan fingerprint density at radius 1 is 0.622 bits per heavy atom. The molecule has 0 atom stereocenters. The highest BCUT2D eigenvalue weighted by atomic mass is 32.2. The van der Waals surface area contributed by atoms with Crippen LogP contribution in [0.5, 0.6) is 0 Å². The number of sulfone groups is 1. The highest BCUT2D eigenvalue weighted by Gasteiger charge is 2.19. The van der Waals surface area contributed by atoms with E-state index in [0.717, 1.165) is 0 Å². The average molecular weight is 511 g/mol. The van der Waals surface area contributed by atoms with Crippen molar-refractivity contribution in [3.8, 4) is 23.5 Å². The monoisotopic (exact) mass is 510 g/mol. The van der Waals surface area contributed by atoms with Gasteiger partial charge in [0.1, 0.15) is 23.3 Å². The number of aryl methyl sites for hydroxylation is 4. The van der Waals surface area contributed by atoms with E-state index < -0.39 is 21.0 Å². The molecule has 184 valence electrons. The second-order valence-electron chi connectivity index (χ2n) is 8.68. The van der Waals surface area contributed by atoms with Gasteiger partial charge in [-0.05, 0) is 99.5 Å². The van der Waals surface area contributed by atoms with Gasteiger partial charge in [-0.25, -0.2) is 8.42 Å². The molecule has 0 aliphatic heterocycles. The van der Waals surface area contributed by atoms with Crippen LogP contribution in [0.4, 0.5) is 0 Å². The van der Waals surface area contributed by atoms with Gasteiger partial charge in [-0.15, -0.1) is 0 Å². The Kier molecular flexibility index (Phi) is 6.43. The summed E-state index contributed by atoms with van der Waals surface area (Å²) in [5.74, 6) is 0. The molecule has 0 aliphatic rings. The number of pyridine rings is 2. The Morgan fingerprint density at radius 2 is 0.946 bits per heavy atom. The van der Waals surface area contributed by atoms with Gasteiger partial charge in [0.05, 0.1) is 9.79 Å². The minimum Gasteiger partial charge on any atom is -0.280 e. The van der Waals surface area contributed by atoms with Crippen LogP contribution in [-0.4, -0.2) is 17.6 Å². The molecule has 0 unspecified atom stereocenters. The summed E-state index contributed by atoms with van der Waals surface area (Å²) in [6, 6.07) is 19.0. The lowest BCUT2D eigenvalue weighted by molar-refractivity contribution is 0.596. The summed E-state index contributed by atoms with van der Waals surface area (Å²) in [4.78, 5) is 25.6. The topological polar surface area (TPSA) is 126 Å². The van der Waals surface area contributed by atoms with Gasteiger partial charge in [-0.2, -0.15) is 10.5 Å². The summed E-state index contributed by atoms with van der Waals surface area (Å²) in [7, 11) is -3.90. The number of rotatable bonds is 4. The first kappa shape index (κ1) is 25.4. The van der Waals surface area contributed by atoms with Crippen molar-refractivity contribution < 1.29 is 8.42 Å². The van der Waals surface area contributed by atoms with Crippen molar-refractivity contribution in [3.05, 3.63) is 115 Å². The Bertz CT molecular complexity index is 1740. The molecule has 0 bridgehead atoms. The van der Waals surface area contributed by atoms with Crippen molar-refractivity contribution in [2.45, 2.75) is 37.5 Å². The Hall–Kier alpha value is -4.73. The molecule has 0 saturated carbocycles. The minimum absolute atomic E-state index is 0.0257. The standard InChI is InChI=1S/C28H22N4O4S/c1-17-13-19(3)31(27(33)25(17)15-29)21-5-9-23(10-6-21)37(35,36)24-11-7-22(8-12-24)32-20(4)14-18(2)26(16-30)28(32)34/h5-14H,1-4H3. The van der Waals surface area contributed by atoms with Crippen LogP contribution in [0.1, 0.15) is 33.6 Å². The predicted molar refractivity (Wildman–Crippen MR) is 138 cm³/mol. The summed E-state index contributed by atoms with van der Waals surface area (Å²) < 4.78 is 29.3. The number of benzene rings is 2. The summed E-state index contributed by atoms with van der Waals surface area (Å²) in [5, 5.41) is 18.6. The molecule has 0 N–H and O–H groups in total. The molecular formula is C28H22N4O4S. The van der Waals surface area contributed by atoms with E-state index in [1.54, 1.807) is 39.8 Å². The summed E-state index contributed by atoms with van der Waals surface area (Å²) in [6.45, 7) is 6.86. The second-order valence-corrected chi connectivity index (χ2v) is 10.6. The van der Waals surface area contributed by atoms with Gasteiger partial charge in [-0.1, -0.05) is 0 Å². The van der Waals surface area contributed by atoms with E-state index in [4.69, 9.17) is 0 Å². The quantitative estimate of drug-likeness (QED) is 0.411. The van der Waals surface area contributed by atoms with Crippen LogP contribution in [0.2, 0.25) is 0 Å². The first-order valence-electron chi connectivity index (χ1n) is 11.2. The van der Waals surface area contributed by atoms with Gasteiger partial charge in [0, 0.05) is 22.8 Å². The third-order valence-corrected chi connectivity index (χ3v) is 8.00. The van der Waals surface area contributed by atoms with Gasteiger partial charge >= 0.3 is 0 Å². The third kappa shape index (κ3) is 4.26. The SMILES string of the molecule is Cc1cc(C)n(-c2ccc(S(=O)(=O)c3ccc(-n4c(C)cc(C)c(C#N)c4=O)cc3)cc2)c(=O)c1C#N. The van der Waals surface area contributed by atoms with E-state index in [2.05, 4.69) is 0 Å². The highest BCUT2D eigenvalue weighted by Crippen LogP contribution is 2.24. The number of nitrogens with zero attached hydrogens (tertiary/aromatic N) is 4. The molecule has 4 rings (SSSR count). The molecule has 2 aromatic carbocycles. The molecule has 9 heteroatoms. The lowest BCUT2D eigenvalue weighted by Gasteiger charge is -2.14. The molecule has 0 amide bonds. The van der Waals surface area contributed by atoms with E-state index in [1.807, 2.05) is 12.1 Å². The third-order valence-electron chi connectivity index (χ3n) is 6.21. The van der Waals surface area contributed by atoms with Crippen LogP contribution < -0.4 is 11.1 Å². The summed E-state index contributed by atoms with van der Waals surface area (Å²) in [5.41, 5.74) is 2.42. The summed E-state index contributed by atoms with van der Waals surface area (Å²) in [6.07, 6.45) is 0. The van der Waals surface area contributed by atoms with Crippen LogP contribution in [0.3, 0.4) is 0 Å². The molecule has 0 radical (unpaired) electrons. The van der Waals surface area contributed by atoms with Crippen LogP contribution in [0, 0.1) is 50.4 Å². The van der Waals surface area contributed by atoms with Crippen molar-refractivity contribution in [2.75, 3.05) is 0 Å².